The maximum atomic E-state index is 12.7. The van der Waals surface area contributed by atoms with Gasteiger partial charge in [-0.3, -0.25) is 19.8 Å². The zero-order valence-electron chi connectivity index (χ0n) is 21.3. The molecule has 0 bridgehead atoms. The Morgan fingerprint density at radius 3 is 2.62 bits per heavy atom. The summed E-state index contributed by atoms with van der Waals surface area (Å²) >= 11 is 0. The van der Waals surface area contributed by atoms with Crippen LogP contribution in [-0.4, -0.2) is 57.7 Å². The van der Waals surface area contributed by atoms with Crippen LogP contribution in [0.3, 0.4) is 0 Å². The molecule has 4 N–H and O–H groups in total. The fourth-order valence-corrected chi connectivity index (χ4v) is 5.30. The number of anilines is 2. The molecule has 2 fully saturated rings. The number of likely N-dealkylation sites (tertiary alicyclic amines) is 1. The van der Waals surface area contributed by atoms with Gasteiger partial charge in [0.15, 0.2) is 0 Å². The van der Waals surface area contributed by atoms with Crippen molar-refractivity contribution < 1.29 is 27.6 Å². The van der Waals surface area contributed by atoms with Crippen molar-refractivity contribution in [3.05, 3.63) is 46.1 Å². The first-order chi connectivity index (χ1) is 18.6. The number of benzene rings is 1. The highest BCUT2D eigenvalue weighted by molar-refractivity contribution is 5.76. The summed E-state index contributed by atoms with van der Waals surface area (Å²) in [5.74, 6) is -0.331. The first-order valence-corrected chi connectivity index (χ1v) is 12.9. The number of carbonyl (C=O) groups excluding carboxylic acids is 1. The van der Waals surface area contributed by atoms with Crippen molar-refractivity contribution in [2.75, 3.05) is 30.3 Å². The lowest BCUT2D eigenvalue weighted by Gasteiger charge is -2.40. The molecule has 39 heavy (non-hydrogen) atoms. The predicted molar refractivity (Wildman–Crippen MR) is 137 cm³/mol. The number of piperidine rings is 1. The Morgan fingerprint density at radius 1 is 1.18 bits per heavy atom. The maximum Gasteiger partial charge on any atom is 0.573 e. The van der Waals surface area contributed by atoms with Gasteiger partial charge in [0, 0.05) is 31.2 Å². The SMILES string of the molecule is NC(=O)C1CCCN([C@H]2CC[C@H](CNc3nc(NCc4ccccc4OC(F)(F)F)ncc3[N+](=O)[O-])CC2)C1. The number of nitrogens with two attached hydrogens (primary N) is 1. The number of nitro groups is 1. The number of alkyl halides is 3. The molecule has 1 aromatic carbocycles. The summed E-state index contributed by atoms with van der Waals surface area (Å²) in [4.78, 5) is 33.1. The number of nitrogens with one attached hydrogen (secondary N) is 2. The van der Waals surface area contributed by atoms with E-state index in [0.29, 0.717) is 19.1 Å². The van der Waals surface area contributed by atoms with Gasteiger partial charge in [0.2, 0.25) is 17.7 Å². The molecule has 1 aliphatic carbocycles. The highest BCUT2D eigenvalue weighted by atomic mass is 19.4. The number of halogens is 3. The number of para-hydroxylation sites is 1. The summed E-state index contributed by atoms with van der Waals surface area (Å²) < 4.78 is 42.2. The molecule has 212 valence electrons. The van der Waals surface area contributed by atoms with E-state index < -0.39 is 11.3 Å². The van der Waals surface area contributed by atoms with Gasteiger partial charge in [0.05, 0.1) is 10.8 Å². The molecule has 1 atom stereocenters. The van der Waals surface area contributed by atoms with Gasteiger partial charge in [0.25, 0.3) is 0 Å². The molecule has 1 aromatic heterocycles. The number of primary amides is 1. The minimum Gasteiger partial charge on any atom is -0.405 e. The molecule has 1 saturated carbocycles. The van der Waals surface area contributed by atoms with Crippen molar-refractivity contribution in [3.63, 3.8) is 0 Å². The second kappa shape index (κ2) is 12.5. The first-order valence-electron chi connectivity index (χ1n) is 12.9. The fourth-order valence-electron chi connectivity index (χ4n) is 5.30. The highest BCUT2D eigenvalue weighted by Gasteiger charge is 2.33. The molecular weight excluding hydrogens is 519 g/mol. The highest BCUT2D eigenvalue weighted by Crippen LogP contribution is 2.32. The second-order valence-corrected chi connectivity index (χ2v) is 9.99. The lowest BCUT2D eigenvalue weighted by Crippen LogP contribution is -2.47. The summed E-state index contributed by atoms with van der Waals surface area (Å²) in [6, 6.07) is 6.06. The molecule has 2 aromatic rings. The Hall–Kier alpha value is -3.68. The summed E-state index contributed by atoms with van der Waals surface area (Å²) in [6.45, 7) is 2.07. The van der Waals surface area contributed by atoms with Crippen LogP contribution in [0, 0.1) is 22.0 Å². The van der Waals surface area contributed by atoms with Crippen molar-refractivity contribution in [1.29, 1.82) is 0 Å². The van der Waals surface area contributed by atoms with Crippen LogP contribution in [0.1, 0.15) is 44.1 Å². The van der Waals surface area contributed by atoms with Gasteiger partial charge in [0.1, 0.15) is 11.9 Å². The van der Waals surface area contributed by atoms with E-state index in [0.717, 1.165) is 51.3 Å². The largest absolute Gasteiger partial charge is 0.573 e. The van der Waals surface area contributed by atoms with E-state index in [4.69, 9.17) is 5.73 Å². The van der Waals surface area contributed by atoms with Gasteiger partial charge in [-0.05, 0) is 57.1 Å². The topological polar surface area (TPSA) is 149 Å². The third-order valence-electron chi connectivity index (χ3n) is 7.35. The van der Waals surface area contributed by atoms with Crippen LogP contribution in [0.5, 0.6) is 5.75 Å². The number of amides is 1. The summed E-state index contributed by atoms with van der Waals surface area (Å²) in [6.07, 6.45) is 1.82. The third-order valence-corrected chi connectivity index (χ3v) is 7.35. The van der Waals surface area contributed by atoms with Crippen molar-refractivity contribution in [2.24, 2.45) is 17.6 Å². The molecule has 0 spiro atoms. The third kappa shape index (κ3) is 7.91. The summed E-state index contributed by atoms with van der Waals surface area (Å²) in [5.41, 5.74) is 5.44. The Bertz CT molecular complexity index is 1160. The minimum absolute atomic E-state index is 0.0303. The minimum atomic E-state index is -4.84. The van der Waals surface area contributed by atoms with Gasteiger partial charge >= 0.3 is 12.0 Å². The van der Waals surface area contributed by atoms with E-state index in [9.17, 15) is 28.1 Å². The fraction of sp³-hybridized carbons (Fsp3) is 0.560. The molecule has 14 heteroatoms. The number of rotatable bonds is 10. The molecular formula is C25H32F3N7O4. The Kier molecular flexibility index (Phi) is 9.04. The monoisotopic (exact) mass is 551 g/mol. The Balaban J connectivity index is 1.33. The van der Waals surface area contributed by atoms with Crippen molar-refractivity contribution in [3.8, 4) is 5.75 Å². The van der Waals surface area contributed by atoms with Gasteiger partial charge in [-0.2, -0.15) is 4.98 Å². The summed E-state index contributed by atoms with van der Waals surface area (Å²) in [5, 5.41) is 17.4. The summed E-state index contributed by atoms with van der Waals surface area (Å²) in [7, 11) is 0. The van der Waals surface area contributed by atoms with Crippen molar-refractivity contribution >= 4 is 23.4 Å². The number of carbonyl (C=O) groups is 1. The molecule has 1 aliphatic heterocycles. The number of hydrogen-bond acceptors (Lipinski definition) is 9. The zero-order chi connectivity index (χ0) is 28.0. The van der Waals surface area contributed by atoms with Gasteiger partial charge in [-0.15, -0.1) is 13.2 Å². The van der Waals surface area contributed by atoms with Gasteiger partial charge in [-0.25, -0.2) is 4.98 Å². The van der Waals surface area contributed by atoms with Crippen LogP contribution >= 0.6 is 0 Å². The number of ether oxygens (including phenoxy) is 1. The smallest absolute Gasteiger partial charge is 0.405 e. The number of aromatic nitrogens is 2. The van der Waals surface area contributed by atoms with Crippen LogP contribution in [0.2, 0.25) is 0 Å². The molecule has 1 unspecified atom stereocenters. The van der Waals surface area contributed by atoms with Crippen molar-refractivity contribution in [1.82, 2.24) is 14.9 Å². The average Bonchev–Trinajstić information content (AvgIpc) is 2.91. The van der Waals surface area contributed by atoms with Gasteiger partial charge in [-0.1, -0.05) is 18.2 Å². The van der Waals surface area contributed by atoms with E-state index in [2.05, 4.69) is 30.2 Å². The van der Waals surface area contributed by atoms with Crippen LogP contribution in [-0.2, 0) is 11.3 Å². The Labute approximate surface area is 223 Å². The first kappa shape index (κ1) is 28.3. The van der Waals surface area contributed by atoms with E-state index in [1.807, 2.05) is 0 Å². The van der Waals surface area contributed by atoms with Gasteiger partial charge < -0.3 is 21.1 Å². The van der Waals surface area contributed by atoms with E-state index in [1.165, 1.54) is 18.2 Å². The van der Waals surface area contributed by atoms with Crippen LogP contribution in [0.15, 0.2) is 30.5 Å². The molecule has 4 rings (SSSR count). The number of hydrogen-bond donors (Lipinski definition) is 3. The number of nitrogens with zero attached hydrogens (tertiary/aromatic N) is 4. The quantitative estimate of drug-likeness (QED) is 0.294. The van der Waals surface area contributed by atoms with Crippen LogP contribution in [0.4, 0.5) is 30.6 Å². The van der Waals surface area contributed by atoms with Crippen LogP contribution < -0.4 is 21.1 Å². The molecule has 2 aliphatic rings. The molecule has 0 radical (unpaired) electrons. The second-order valence-electron chi connectivity index (χ2n) is 9.99. The average molecular weight is 552 g/mol. The zero-order valence-corrected chi connectivity index (χ0v) is 21.3. The normalized spacial score (nSPS) is 22.2. The Morgan fingerprint density at radius 2 is 1.92 bits per heavy atom. The molecule has 11 nitrogen and oxygen atoms in total. The van der Waals surface area contributed by atoms with Crippen LogP contribution in [0.25, 0.3) is 0 Å². The predicted octanol–water partition coefficient (Wildman–Crippen LogP) is 4.06. The maximum absolute atomic E-state index is 12.7. The van der Waals surface area contributed by atoms with E-state index in [-0.39, 0.29) is 53.1 Å². The van der Waals surface area contributed by atoms with Crippen molar-refractivity contribution in [2.45, 2.75) is 57.5 Å². The van der Waals surface area contributed by atoms with E-state index >= 15 is 0 Å². The molecule has 1 saturated heterocycles. The molecule has 2 heterocycles. The lowest BCUT2D eigenvalue weighted by molar-refractivity contribution is -0.384. The van der Waals surface area contributed by atoms with E-state index in [1.54, 1.807) is 6.07 Å². The lowest BCUT2D eigenvalue weighted by atomic mass is 9.84. The molecule has 1 amide bonds. The standard InChI is InChI=1S/C25H32F3N7O4/c26-25(27,28)39-21-6-2-1-4-17(21)13-31-24-32-14-20(35(37)38)23(33-24)30-12-16-7-9-19(10-8-16)34-11-3-5-18(15-34)22(29)36/h1-2,4,6,14,16,18-19H,3,5,7-13,15H2,(H2,29,36)(H2,30,31,32,33)/t16-,18?,19-.